The maximum absolute atomic E-state index is 12.7. The van der Waals surface area contributed by atoms with Gasteiger partial charge in [0.1, 0.15) is 12.3 Å². The normalized spacial score (nSPS) is 11.0. The van der Waals surface area contributed by atoms with Crippen LogP contribution in [0.5, 0.6) is 5.75 Å². The van der Waals surface area contributed by atoms with Crippen LogP contribution in [-0.4, -0.2) is 58.0 Å². The third-order valence-electron chi connectivity index (χ3n) is 4.44. The van der Waals surface area contributed by atoms with Gasteiger partial charge in [-0.1, -0.05) is 11.6 Å². The van der Waals surface area contributed by atoms with Gasteiger partial charge in [0.2, 0.25) is 10.0 Å². The highest BCUT2D eigenvalue weighted by Crippen LogP contribution is 2.20. The van der Waals surface area contributed by atoms with E-state index in [0.29, 0.717) is 23.1 Å². The molecule has 2 aromatic carbocycles. The minimum atomic E-state index is -3.94. The van der Waals surface area contributed by atoms with E-state index in [2.05, 4.69) is 0 Å². The summed E-state index contributed by atoms with van der Waals surface area (Å²) in [6.07, 6.45) is 0.0783. The average Bonchev–Trinajstić information content (AvgIpc) is 2.79. The number of benzene rings is 2. The Morgan fingerprint density at radius 3 is 2.30 bits per heavy atom. The number of likely N-dealkylation sites (N-methyl/N-ethyl adjacent to an activating group) is 1. The number of nitrogens with zero attached hydrogens (tertiary/aromatic N) is 3. The van der Waals surface area contributed by atoms with Crippen molar-refractivity contribution in [2.75, 3.05) is 38.3 Å². The molecule has 2 aromatic rings. The van der Waals surface area contributed by atoms with Gasteiger partial charge in [0, 0.05) is 24.3 Å². The molecular formula is C22H24ClN3O6S. The van der Waals surface area contributed by atoms with Gasteiger partial charge in [0.25, 0.3) is 5.91 Å². The summed E-state index contributed by atoms with van der Waals surface area (Å²) < 4.78 is 36.3. The van der Waals surface area contributed by atoms with Crippen LogP contribution in [0, 0.1) is 11.3 Å². The van der Waals surface area contributed by atoms with Crippen LogP contribution in [0.2, 0.25) is 5.02 Å². The van der Waals surface area contributed by atoms with Crippen LogP contribution in [0.25, 0.3) is 0 Å². The first-order valence-electron chi connectivity index (χ1n) is 9.96. The number of hydrogen-bond donors (Lipinski definition) is 0. The highest BCUT2D eigenvalue weighted by Gasteiger charge is 2.24. The Morgan fingerprint density at radius 2 is 1.73 bits per heavy atom. The van der Waals surface area contributed by atoms with Crippen molar-refractivity contribution in [1.29, 1.82) is 5.26 Å². The molecule has 11 heteroatoms. The molecule has 0 aliphatic carbocycles. The number of halogens is 1. The first-order valence-corrected chi connectivity index (χ1v) is 11.8. The van der Waals surface area contributed by atoms with E-state index in [4.69, 9.17) is 26.3 Å². The lowest BCUT2D eigenvalue weighted by Gasteiger charge is -2.22. The van der Waals surface area contributed by atoms with Crippen molar-refractivity contribution in [2.24, 2.45) is 0 Å². The fraction of sp³-hybridized carbons (Fsp3) is 0.318. The standard InChI is InChI=1S/C22H24ClN3O6S/c1-3-31-19-9-7-18(8-10-19)26(14-4-13-24)21(27)16-32-22(28)15-25(2)33(29,30)20-11-5-17(23)6-12-20/h5-12H,3-4,14-16H2,1-2H3. The molecule has 0 N–H and O–H groups in total. The number of esters is 1. The molecule has 0 saturated heterocycles. The molecule has 0 aliphatic rings. The minimum Gasteiger partial charge on any atom is -0.494 e. The summed E-state index contributed by atoms with van der Waals surface area (Å²) in [6, 6.07) is 14.2. The van der Waals surface area contributed by atoms with Gasteiger partial charge in [0.05, 0.1) is 24.0 Å². The van der Waals surface area contributed by atoms with E-state index >= 15 is 0 Å². The Bertz CT molecular complexity index is 1100. The van der Waals surface area contributed by atoms with Gasteiger partial charge in [-0.05, 0) is 55.5 Å². The highest BCUT2D eigenvalue weighted by molar-refractivity contribution is 7.89. The number of amides is 1. The maximum Gasteiger partial charge on any atom is 0.321 e. The molecule has 0 bridgehead atoms. The molecule has 1 amide bonds. The second kappa shape index (κ2) is 12.2. The molecule has 0 saturated carbocycles. The number of nitriles is 1. The molecule has 0 spiro atoms. The quantitative estimate of drug-likeness (QED) is 0.442. The molecule has 0 radical (unpaired) electrons. The lowest BCUT2D eigenvalue weighted by atomic mass is 10.2. The number of rotatable bonds is 11. The van der Waals surface area contributed by atoms with E-state index in [1.165, 1.54) is 36.2 Å². The van der Waals surface area contributed by atoms with Crippen LogP contribution in [0.15, 0.2) is 53.4 Å². The van der Waals surface area contributed by atoms with E-state index in [9.17, 15) is 18.0 Å². The topological polar surface area (TPSA) is 117 Å². The summed E-state index contributed by atoms with van der Waals surface area (Å²) in [4.78, 5) is 26.1. The first kappa shape index (κ1) is 26.1. The molecule has 2 rings (SSSR count). The van der Waals surface area contributed by atoms with Gasteiger partial charge >= 0.3 is 5.97 Å². The van der Waals surface area contributed by atoms with Gasteiger partial charge in [-0.25, -0.2) is 8.42 Å². The van der Waals surface area contributed by atoms with Crippen molar-refractivity contribution < 1.29 is 27.5 Å². The second-order valence-electron chi connectivity index (χ2n) is 6.76. The number of sulfonamides is 1. The van der Waals surface area contributed by atoms with E-state index in [0.717, 1.165) is 4.31 Å². The van der Waals surface area contributed by atoms with Crippen LogP contribution in [0.1, 0.15) is 13.3 Å². The smallest absolute Gasteiger partial charge is 0.321 e. The molecule has 0 atom stereocenters. The summed E-state index contributed by atoms with van der Waals surface area (Å²) in [7, 11) is -2.71. The Labute approximate surface area is 198 Å². The summed E-state index contributed by atoms with van der Waals surface area (Å²) in [6.45, 7) is 1.26. The van der Waals surface area contributed by atoms with Crippen molar-refractivity contribution in [3.8, 4) is 11.8 Å². The van der Waals surface area contributed by atoms with Crippen molar-refractivity contribution in [2.45, 2.75) is 18.2 Å². The van der Waals surface area contributed by atoms with E-state index < -0.39 is 35.1 Å². The fourth-order valence-corrected chi connectivity index (χ4v) is 4.01. The van der Waals surface area contributed by atoms with E-state index in [1.54, 1.807) is 24.3 Å². The van der Waals surface area contributed by atoms with Crippen molar-refractivity contribution >= 4 is 39.2 Å². The SMILES string of the molecule is CCOc1ccc(N(CCC#N)C(=O)COC(=O)CN(C)S(=O)(=O)c2ccc(Cl)cc2)cc1. The molecule has 0 aromatic heterocycles. The van der Waals surface area contributed by atoms with Gasteiger partial charge in [-0.3, -0.25) is 9.59 Å². The largest absolute Gasteiger partial charge is 0.494 e. The number of carbonyl (C=O) groups excluding carboxylic acids is 2. The van der Waals surface area contributed by atoms with Gasteiger partial charge in [-0.2, -0.15) is 9.57 Å². The summed E-state index contributed by atoms with van der Waals surface area (Å²) >= 11 is 5.78. The molecule has 0 fully saturated rings. The lowest BCUT2D eigenvalue weighted by molar-refractivity contribution is -0.147. The van der Waals surface area contributed by atoms with Crippen LogP contribution in [0.3, 0.4) is 0 Å². The van der Waals surface area contributed by atoms with Gasteiger partial charge in [-0.15, -0.1) is 0 Å². The zero-order valence-corrected chi connectivity index (χ0v) is 19.8. The molecule has 176 valence electrons. The Hall–Kier alpha value is -3.13. The van der Waals surface area contributed by atoms with E-state index in [1.807, 2.05) is 13.0 Å². The lowest BCUT2D eigenvalue weighted by Crippen LogP contribution is -2.38. The van der Waals surface area contributed by atoms with Crippen LogP contribution < -0.4 is 9.64 Å². The van der Waals surface area contributed by atoms with Crippen LogP contribution >= 0.6 is 11.6 Å². The van der Waals surface area contributed by atoms with Crippen molar-refractivity contribution in [1.82, 2.24) is 4.31 Å². The summed E-state index contributed by atoms with van der Waals surface area (Å²) in [5, 5.41) is 9.28. The summed E-state index contributed by atoms with van der Waals surface area (Å²) in [5.74, 6) is -0.813. The Balaban J connectivity index is 2.00. The van der Waals surface area contributed by atoms with Gasteiger partial charge < -0.3 is 14.4 Å². The zero-order chi connectivity index (χ0) is 24.4. The maximum atomic E-state index is 12.7. The molecule has 0 heterocycles. The molecule has 33 heavy (non-hydrogen) atoms. The molecule has 0 aliphatic heterocycles. The highest BCUT2D eigenvalue weighted by atomic mass is 35.5. The predicted octanol–water partition coefficient (Wildman–Crippen LogP) is 2.85. The number of carbonyl (C=O) groups is 2. The second-order valence-corrected chi connectivity index (χ2v) is 9.24. The van der Waals surface area contributed by atoms with Crippen molar-refractivity contribution in [3.05, 3.63) is 53.6 Å². The van der Waals surface area contributed by atoms with Gasteiger partial charge in [0.15, 0.2) is 6.61 Å². The van der Waals surface area contributed by atoms with Crippen LogP contribution in [-0.2, 0) is 24.3 Å². The average molecular weight is 494 g/mol. The van der Waals surface area contributed by atoms with Crippen molar-refractivity contribution in [3.63, 3.8) is 0 Å². The predicted molar refractivity (Wildman–Crippen MR) is 122 cm³/mol. The first-order chi connectivity index (χ1) is 15.7. The molecule has 9 nitrogen and oxygen atoms in total. The Kier molecular flexibility index (Phi) is 9.66. The summed E-state index contributed by atoms with van der Waals surface area (Å²) in [5.41, 5.74) is 0.511. The Morgan fingerprint density at radius 1 is 1.09 bits per heavy atom. The monoisotopic (exact) mass is 493 g/mol. The molecular weight excluding hydrogens is 470 g/mol. The van der Waals surface area contributed by atoms with E-state index in [-0.39, 0.29) is 17.9 Å². The third kappa shape index (κ3) is 7.46. The number of ether oxygens (including phenoxy) is 2. The number of anilines is 1. The minimum absolute atomic E-state index is 0.0311. The fourth-order valence-electron chi connectivity index (χ4n) is 2.77. The molecule has 0 unspecified atom stereocenters. The third-order valence-corrected chi connectivity index (χ3v) is 6.51. The number of hydrogen-bond acceptors (Lipinski definition) is 7. The zero-order valence-electron chi connectivity index (χ0n) is 18.2. The van der Waals surface area contributed by atoms with Crippen LogP contribution in [0.4, 0.5) is 5.69 Å².